The lowest BCUT2D eigenvalue weighted by Gasteiger charge is -2.18. The maximum Gasteiger partial charge on any atom is 0.154 e. The Kier molecular flexibility index (Phi) is 4.93. The van der Waals surface area contributed by atoms with Crippen LogP contribution in [0.1, 0.15) is 31.4 Å². The Balaban J connectivity index is 2.00. The second kappa shape index (κ2) is 6.12. The van der Waals surface area contributed by atoms with Crippen molar-refractivity contribution in [2.75, 3.05) is 12.3 Å². The monoisotopic (exact) mass is 365 g/mol. The van der Waals surface area contributed by atoms with Crippen LogP contribution in [0.15, 0.2) is 22.7 Å². The van der Waals surface area contributed by atoms with Gasteiger partial charge in [-0.1, -0.05) is 33.6 Å². The van der Waals surface area contributed by atoms with E-state index in [1.807, 2.05) is 25.1 Å². The number of benzene rings is 1. The van der Waals surface area contributed by atoms with Crippen LogP contribution in [0.3, 0.4) is 0 Å². The zero-order valence-electron chi connectivity index (χ0n) is 10.7. The number of sulfone groups is 1. The molecule has 1 saturated heterocycles. The molecule has 0 aromatic heterocycles. The van der Waals surface area contributed by atoms with Crippen LogP contribution in [0.25, 0.3) is 0 Å². The molecule has 0 spiro atoms. The zero-order valence-corrected chi connectivity index (χ0v) is 13.9. The predicted molar refractivity (Wildman–Crippen MR) is 82.4 cm³/mol. The molecule has 6 heteroatoms. The molecule has 0 radical (unpaired) electrons. The zero-order chi connectivity index (χ0) is 14.0. The quantitative estimate of drug-likeness (QED) is 0.889. The minimum atomic E-state index is -2.88. The highest BCUT2D eigenvalue weighted by atomic mass is 79.9. The highest BCUT2D eigenvalue weighted by molar-refractivity contribution is 9.10. The Bertz CT molecular complexity index is 562. The van der Waals surface area contributed by atoms with Crippen molar-refractivity contribution in [3.05, 3.63) is 33.3 Å². The van der Waals surface area contributed by atoms with Crippen LogP contribution in [0.2, 0.25) is 5.02 Å². The molecule has 3 nitrogen and oxygen atoms in total. The molecule has 0 aliphatic carbocycles. The maximum absolute atomic E-state index is 11.8. The predicted octanol–water partition coefficient (Wildman–Crippen LogP) is 3.33. The topological polar surface area (TPSA) is 46.2 Å². The highest BCUT2D eigenvalue weighted by Gasteiger charge is 2.31. The molecule has 2 rings (SSSR count). The second-order valence-electron chi connectivity index (χ2n) is 4.93. The van der Waals surface area contributed by atoms with Gasteiger partial charge >= 0.3 is 0 Å². The molecular formula is C13H17BrClNO2S. The second-order valence-corrected chi connectivity index (χ2v) is 8.65. The minimum absolute atomic E-state index is 0.0383. The largest absolute Gasteiger partial charge is 0.309 e. The Hall–Kier alpha value is -0.100. The van der Waals surface area contributed by atoms with Crippen molar-refractivity contribution in [3.63, 3.8) is 0 Å². The average Bonchev–Trinajstić information content (AvgIpc) is 2.65. The first-order valence-electron chi connectivity index (χ1n) is 6.30. The SMILES string of the molecule is CC(NCC1CCCS1(=O)=O)c1ccc(Br)cc1Cl. The summed E-state index contributed by atoms with van der Waals surface area (Å²) in [5.41, 5.74) is 0.986. The minimum Gasteiger partial charge on any atom is -0.309 e. The summed E-state index contributed by atoms with van der Waals surface area (Å²) in [7, 11) is -2.88. The van der Waals surface area contributed by atoms with E-state index in [9.17, 15) is 8.42 Å². The Morgan fingerprint density at radius 1 is 1.53 bits per heavy atom. The van der Waals surface area contributed by atoms with E-state index in [0.29, 0.717) is 17.3 Å². The summed E-state index contributed by atoms with van der Waals surface area (Å²) in [5, 5.41) is 3.72. The van der Waals surface area contributed by atoms with E-state index in [1.54, 1.807) is 0 Å². The normalized spacial score (nSPS) is 23.4. The molecular weight excluding hydrogens is 350 g/mol. The first-order chi connectivity index (χ1) is 8.90. The molecule has 1 aliphatic rings. The summed E-state index contributed by atoms with van der Waals surface area (Å²) in [4.78, 5) is 0. The van der Waals surface area contributed by atoms with Gasteiger partial charge in [0.25, 0.3) is 0 Å². The lowest BCUT2D eigenvalue weighted by Crippen LogP contribution is -2.32. The van der Waals surface area contributed by atoms with Crippen molar-refractivity contribution in [1.29, 1.82) is 0 Å². The van der Waals surface area contributed by atoms with Gasteiger partial charge in [-0.2, -0.15) is 0 Å². The third-order valence-corrected chi connectivity index (χ3v) is 6.64. The molecule has 0 bridgehead atoms. The molecule has 2 atom stereocenters. The third-order valence-electron chi connectivity index (χ3n) is 3.54. The summed E-state index contributed by atoms with van der Waals surface area (Å²) in [6.07, 6.45) is 1.54. The van der Waals surface area contributed by atoms with Crippen LogP contribution < -0.4 is 5.32 Å². The number of hydrogen-bond acceptors (Lipinski definition) is 3. The van der Waals surface area contributed by atoms with Gasteiger partial charge in [0, 0.05) is 22.1 Å². The highest BCUT2D eigenvalue weighted by Crippen LogP contribution is 2.27. The summed E-state index contributed by atoms with van der Waals surface area (Å²) >= 11 is 9.56. The van der Waals surface area contributed by atoms with Crippen LogP contribution in [-0.2, 0) is 9.84 Å². The fourth-order valence-corrected chi connectivity index (χ4v) is 4.97. The Morgan fingerprint density at radius 2 is 2.26 bits per heavy atom. The van der Waals surface area contributed by atoms with E-state index in [-0.39, 0.29) is 11.3 Å². The smallest absolute Gasteiger partial charge is 0.154 e. The van der Waals surface area contributed by atoms with E-state index in [4.69, 9.17) is 11.6 Å². The van der Waals surface area contributed by atoms with Gasteiger partial charge in [-0.3, -0.25) is 0 Å². The van der Waals surface area contributed by atoms with Gasteiger partial charge in [0.15, 0.2) is 9.84 Å². The van der Waals surface area contributed by atoms with Crippen LogP contribution in [0.5, 0.6) is 0 Å². The van der Waals surface area contributed by atoms with Crippen LogP contribution in [-0.4, -0.2) is 26.0 Å². The van der Waals surface area contributed by atoms with Crippen molar-refractivity contribution in [2.24, 2.45) is 0 Å². The van der Waals surface area contributed by atoms with Crippen molar-refractivity contribution in [2.45, 2.75) is 31.1 Å². The number of halogens is 2. The molecule has 1 fully saturated rings. The van der Waals surface area contributed by atoms with Crippen molar-refractivity contribution < 1.29 is 8.42 Å². The summed E-state index contributed by atoms with van der Waals surface area (Å²) in [6, 6.07) is 5.77. The van der Waals surface area contributed by atoms with Crippen molar-refractivity contribution in [3.8, 4) is 0 Å². The van der Waals surface area contributed by atoms with Crippen molar-refractivity contribution >= 4 is 37.4 Å². The number of hydrogen-bond donors (Lipinski definition) is 1. The van der Waals surface area contributed by atoms with Gasteiger partial charge in [0.05, 0.1) is 11.0 Å². The number of nitrogens with one attached hydrogen (secondary N) is 1. The molecule has 106 valence electrons. The summed E-state index contributed by atoms with van der Waals surface area (Å²) in [6.45, 7) is 2.49. The molecule has 1 heterocycles. The maximum atomic E-state index is 11.8. The Morgan fingerprint density at radius 3 is 2.84 bits per heavy atom. The standard InChI is InChI=1S/C13H17BrClNO2S/c1-9(12-5-4-10(14)7-13(12)15)16-8-11-3-2-6-19(11,17)18/h4-5,7,9,11,16H,2-3,6,8H2,1H3. The molecule has 1 aliphatic heterocycles. The van der Waals surface area contributed by atoms with E-state index < -0.39 is 9.84 Å². The van der Waals surface area contributed by atoms with Crippen molar-refractivity contribution in [1.82, 2.24) is 5.32 Å². The fourth-order valence-electron chi connectivity index (χ4n) is 2.36. The first-order valence-corrected chi connectivity index (χ1v) is 9.18. The molecule has 1 aromatic carbocycles. The lowest BCUT2D eigenvalue weighted by atomic mass is 10.1. The fraction of sp³-hybridized carbons (Fsp3) is 0.538. The van der Waals surface area contributed by atoms with Gasteiger partial charge in [-0.15, -0.1) is 0 Å². The molecule has 1 aromatic rings. The summed E-state index contributed by atoms with van der Waals surface area (Å²) in [5.74, 6) is 0.326. The first kappa shape index (κ1) is 15.3. The Labute approximate surface area is 127 Å². The summed E-state index contributed by atoms with van der Waals surface area (Å²) < 4.78 is 24.4. The molecule has 19 heavy (non-hydrogen) atoms. The van der Waals surface area contributed by atoms with Crippen LogP contribution in [0, 0.1) is 0 Å². The van der Waals surface area contributed by atoms with E-state index in [1.165, 1.54) is 0 Å². The van der Waals surface area contributed by atoms with Gasteiger partial charge in [-0.05, 0) is 37.5 Å². The lowest BCUT2D eigenvalue weighted by molar-refractivity contribution is 0.538. The van der Waals surface area contributed by atoms with E-state index in [0.717, 1.165) is 22.9 Å². The van der Waals surface area contributed by atoms with Crippen LogP contribution in [0.4, 0.5) is 0 Å². The van der Waals surface area contributed by atoms with Gasteiger partial charge in [-0.25, -0.2) is 8.42 Å². The van der Waals surface area contributed by atoms with Gasteiger partial charge < -0.3 is 5.32 Å². The third kappa shape index (κ3) is 3.72. The average molecular weight is 367 g/mol. The van der Waals surface area contributed by atoms with Crippen LogP contribution >= 0.6 is 27.5 Å². The van der Waals surface area contributed by atoms with E-state index >= 15 is 0 Å². The van der Waals surface area contributed by atoms with E-state index in [2.05, 4.69) is 21.2 Å². The number of rotatable bonds is 4. The molecule has 0 amide bonds. The van der Waals surface area contributed by atoms with Gasteiger partial charge in [0.2, 0.25) is 0 Å². The molecule has 0 saturated carbocycles. The molecule has 1 N–H and O–H groups in total. The van der Waals surface area contributed by atoms with Gasteiger partial charge in [0.1, 0.15) is 0 Å². The molecule has 2 unspecified atom stereocenters.